The molecule has 1 saturated carbocycles. The smallest absolute Gasteiger partial charge is 0.450 e. The summed E-state index contributed by atoms with van der Waals surface area (Å²) in [6.45, 7) is 1.65. The quantitative estimate of drug-likeness (QED) is 0.552. The van der Waals surface area contributed by atoms with Crippen LogP contribution in [0.15, 0.2) is 42.6 Å². The number of carboxylic acid groups (broad SMARTS) is 2. The minimum Gasteiger partial charge on any atom is -0.450 e. The van der Waals surface area contributed by atoms with Crippen LogP contribution in [0.25, 0.3) is 16.6 Å². The molecule has 0 radical (unpaired) electrons. The number of likely N-dealkylation sites (tertiary alicyclic amines) is 1. The van der Waals surface area contributed by atoms with Crippen molar-refractivity contribution in [1.82, 2.24) is 14.5 Å². The van der Waals surface area contributed by atoms with Gasteiger partial charge in [-0.3, -0.25) is 9.59 Å². The molecule has 5 rings (SSSR count). The Hall–Kier alpha value is -3.88. The Labute approximate surface area is 190 Å². The number of fused-ring (bicyclic) bond motifs is 1. The number of amides is 2. The fraction of sp³-hybridized carbons (Fsp3) is 0.333. The van der Waals surface area contributed by atoms with Gasteiger partial charge in [0.25, 0.3) is 5.91 Å². The first kappa shape index (κ1) is 22.3. The highest BCUT2D eigenvalue weighted by Gasteiger charge is 2.27. The Kier molecular flexibility index (Phi) is 6.30. The van der Waals surface area contributed by atoms with Crippen molar-refractivity contribution < 1.29 is 24.6 Å². The van der Waals surface area contributed by atoms with Crippen molar-refractivity contribution in [3.8, 4) is 11.1 Å². The number of carbonyl (C=O) groups is 3. The lowest BCUT2D eigenvalue weighted by Crippen LogP contribution is -2.35. The maximum atomic E-state index is 12.8. The molecule has 2 fully saturated rings. The molecule has 1 saturated heterocycles. The molecule has 9 nitrogen and oxygen atoms in total. The van der Waals surface area contributed by atoms with Gasteiger partial charge in [-0.05, 0) is 61.9 Å². The largest absolute Gasteiger partial charge is 0.503 e. The van der Waals surface area contributed by atoms with Crippen LogP contribution in [0.1, 0.15) is 64.4 Å². The second kappa shape index (κ2) is 9.32. The molecule has 33 heavy (non-hydrogen) atoms. The molecule has 0 bridgehead atoms. The van der Waals surface area contributed by atoms with Gasteiger partial charge in [0.05, 0.1) is 16.8 Å². The average molecular weight is 450 g/mol. The summed E-state index contributed by atoms with van der Waals surface area (Å²) in [5, 5.41) is 18.6. The molecule has 0 unspecified atom stereocenters. The van der Waals surface area contributed by atoms with Crippen LogP contribution in [0, 0.1) is 0 Å². The molecule has 1 aromatic carbocycles. The fourth-order valence-electron chi connectivity index (χ4n) is 4.23. The number of pyridine rings is 1. The minimum atomic E-state index is -1.83. The first-order valence-corrected chi connectivity index (χ1v) is 11.0. The minimum absolute atomic E-state index is 0.0740. The average Bonchev–Trinajstić information content (AvgIpc) is 3.56. The van der Waals surface area contributed by atoms with E-state index in [1.54, 1.807) is 12.3 Å². The molecule has 172 valence electrons. The van der Waals surface area contributed by atoms with E-state index in [9.17, 15) is 9.59 Å². The van der Waals surface area contributed by atoms with Crippen LogP contribution in [-0.2, 0) is 0 Å². The topological polar surface area (TPSA) is 138 Å². The molecule has 3 heterocycles. The summed E-state index contributed by atoms with van der Waals surface area (Å²) in [6.07, 6.45) is 5.61. The van der Waals surface area contributed by atoms with Gasteiger partial charge in [0.2, 0.25) is 5.91 Å². The van der Waals surface area contributed by atoms with Crippen molar-refractivity contribution in [3.05, 3.63) is 59.4 Å². The summed E-state index contributed by atoms with van der Waals surface area (Å²) in [7, 11) is 0. The van der Waals surface area contributed by atoms with Gasteiger partial charge in [-0.15, -0.1) is 0 Å². The first-order chi connectivity index (χ1) is 15.8. The van der Waals surface area contributed by atoms with Crippen molar-refractivity contribution >= 4 is 23.5 Å². The molecule has 2 aliphatic rings. The van der Waals surface area contributed by atoms with Crippen molar-refractivity contribution in [2.45, 2.75) is 38.0 Å². The second-order valence-electron chi connectivity index (χ2n) is 8.35. The van der Waals surface area contributed by atoms with E-state index in [1.165, 1.54) is 6.42 Å². The third kappa shape index (κ3) is 4.97. The zero-order valence-electron chi connectivity index (χ0n) is 18.1. The highest BCUT2D eigenvalue weighted by atomic mass is 16.6. The molecule has 0 spiro atoms. The van der Waals surface area contributed by atoms with Crippen molar-refractivity contribution in [2.75, 3.05) is 13.1 Å². The number of carbonyl (C=O) groups excluding carboxylic acids is 2. The van der Waals surface area contributed by atoms with E-state index < -0.39 is 12.1 Å². The molecule has 9 heteroatoms. The summed E-state index contributed by atoms with van der Waals surface area (Å²) in [4.78, 5) is 35.3. The van der Waals surface area contributed by atoms with Crippen LogP contribution in [0.2, 0.25) is 0 Å². The molecular weight excluding hydrogens is 424 g/mol. The van der Waals surface area contributed by atoms with Crippen LogP contribution >= 0.6 is 0 Å². The Morgan fingerprint density at radius 2 is 1.61 bits per heavy atom. The van der Waals surface area contributed by atoms with Gasteiger partial charge in [-0.25, -0.2) is 9.31 Å². The van der Waals surface area contributed by atoms with E-state index in [-0.39, 0.29) is 5.91 Å². The number of benzene rings is 1. The summed E-state index contributed by atoms with van der Waals surface area (Å²) in [5.74, 6) is 0.124. The van der Waals surface area contributed by atoms with Crippen LogP contribution < -0.4 is 5.73 Å². The van der Waals surface area contributed by atoms with E-state index in [0.29, 0.717) is 17.0 Å². The van der Waals surface area contributed by atoms with Crippen LogP contribution in [0.5, 0.6) is 0 Å². The summed E-state index contributed by atoms with van der Waals surface area (Å²) in [5.41, 5.74) is 10.4. The van der Waals surface area contributed by atoms with E-state index >= 15 is 0 Å². The highest BCUT2D eigenvalue weighted by molar-refractivity contribution is 6.04. The SMILES string of the molecule is NC(=O)c1ccn2nc(C3CC3)cc2c1-c1ccc(C(=O)N2CCCCC2)cc1.O=C(O)O. The standard InChI is InChI=1S/C23H24N4O2.CH2O3/c24-22(28)18-10-13-27-20(14-19(25-27)15-4-5-15)21(18)16-6-8-17(9-7-16)23(29)26-11-2-1-3-12-26;2-1(3)4/h6-10,13-15H,1-5,11-12H2,(H2,24,28);(H2,2,3,4). The number of primary amides is 1. The monoisotopic (exact) mass is 450 g/mol. The maximum Gasteiger partial charge on any atom is 0.503 e. The van der Waals surface area contributed by atoms with Gasteiger partial charge in [0, 0.05) is 36.3 Å². The Morgan fingerprint density at radius 1 is 0.970 bits per heavy atom. The number of rotatable bonds is 4. The zero-order valence-corrected chi connectivity index (χ0v) is 18.1. The predicted molar refractivity (Wildman–Crippen MR) is 122 cm³/mol. The third-order valence-electron chi connectivity index (χ3n) is 5.99. The number of nitrogens with two attached hydrogens (primary N) is 1. The Morgan fingerprint density at radius 3 is 2.18 bits per heavy atom. The van der Waals surface area contributed by atoms with Gasteiger partial charge < -0.3 is 20.8 Å². The third-order valence-corrected chi connectivity index (χ3v) is 5.99. The van der Waals surface area contributed by atoms with Gasteiger partial charge in [0.15, 0.2) is 0 Å². The zero-order chi connectivity index (χ0) is 23.5. The van der Waals surface area contributed by atoms with Gasteiger partial charge in [-0.2, -0.15) is 5.10 Å². The number of piperidine rings is 1. The lowest BCUT2D eigenvalue weighted by Gasteiger charge is -2.26. The summed E-state index contributed by atoms with van der Waals surface area (Å²) >= 11 is 0. The van der Waals surface area contributed by atoms with Gasteiger partial charge in [0.1, 0.15) is 0 Å². The Bertz CT molecular complexity index is 1190. The lowest BCUT2D eigenvalue weighted by atomic mass is 9.97. The predicted octanol–water partition coefficient (Wildman–Crippen LogP) is 3.83. The molecule has 4 N–H and O–H groups in total. The lowest BCUT2D eigenvalue weighted by molar-refractivity contribution is 0.0724. The molecular formula is C24H26N4O5. The van der Waals surface area contributed by atoms with Gasteiger partial charge in [-0.1, -0.05) is 12.1 Å². The highest BCUT2D eigenvalue weighted by Crippen LogP contribution is 2.41. The number of hydrogen-bond donors (Lipinski definition) is 3. The van der Waals surface area contributed by atoms with Crippen molar-refractivity contribution in [3.63, 3.8) is 0 Å². The molecule has 2 aromatic heterocycles. The van der Waals surface area contributed by atoms with Gasteiger partial charge >= 0.3 is 6.16 Å². The van der Waals surface area contributed by atoms with E-state index in [4.69, 9.17) is 20.7 Å². The normalized spacial score (nSPS) is 15.6. The van der Waals surface area contributed by atoms with E-state index in [1.807, 2.05) is 33.7 Å². The fourth-order valence-corrected chi connectivity index (χ4v) is 4.23. The van der Waals surface area contributed by atoms with E-state index in [2.05, 4.69) is 11.2 Å². The van der Waals surface area contributed by atoms with Crippen LogP contribution in [0.3, 0.4) is 0 Å². The van der Waals surface area contributed by atoms with Crippen LogP contribution in [0.4, 0.5) is 4.79 Å². The van der Waals surface area contributed by atoms with E-state index in [0.717, 1.165) is 61.1 Å². The summed E-state index contributed by atoms with van der Waals surface area (Å²) < 4.78 is 1.82. The number of aromatic nitrogens is 2. The van der Waals surface area contributed by atoms with Crippen molar-refractivity contribution in [1.29, 1.82) is 0 Å². The molecule has 1 aliphatic carbocycles. The molecule has 1 aliphatic heterocycles. The molecule has 0 atom stereocenters. The second-order valence-corrected chi connectivity index (χ2v) is 8.35. The van der Waals surface area contributed by atoms with Crippen LogP contribution in [-0.4, -0.2) is 55.8 Å². The number of nitrogens with zero attached hydrogens (tertiary/aromatic N) is 3. The maximum absolute atomic E-state index is 12.8. The number of hydrogen-bond acceptors (Lipinski definition) is 4. The Balaban J connectivity index is 0.000000601. The first-order valence-electron chi connectivity index (χ1n) is 11.0. The van der Waals surface area contributed by atoms with Crippen molar-refractivity contribution in [2.24, 2.45) is 5.73 Å². The summed E-state index contributed by atoms with van der Waals surface area (Å²) in [6, 6.07) is 11.3. The molecule has 3 aromatic rings. The molecule has 2 amide bonds.